The lowest BCUT2D eigenvalue weighted by molar-refractivity contribution is -0.125. The number of benzene rings is 1. The molecule has 0 bridgehead atoms. The zero-order chi connectivity index (χ0) is 18.0. The van der Waals surface area contributed by atoms with E-state index < -0.39 is 5.41 Å². The van der Waals surface area contributed by atoms with Gasteiger partial charge >= 0.3 is 0 Å². The van der Waals surface area contributed by atoms with Gasteiger partial charge in [0.05, 0.1) is 10.7 Å². The molecule has 1 amide bonds. The Kier molecular flexibility index (Phi) is 4.67. The van der Waals surface area contributed by atoms with Crippen molar-refractivity contribution in [1.29, 1.82) is 0 Å². The number of carbonyl (C=O) groups is 1. The smallest absolute Gasteiger partial charge is 0.270 e. The number of nitrogens with two attached hydrogens (primary N) is 1. The minimum Gasteiger partial charge on any atom is -0.369 e. The molecule has 2 heterocycles. The summed E-state index contributed by atoms with van der Waals surface area (Å²) in [4.78, 5) is 21.6. The number of nitrogens with zero attached hydrogens (tertiary/aromatic N) is 3. The highest BCUT2D eigenvalue weighted by Gasteiger charge is 2.29. The van der Waals surface area contributed by atoms with E-state index in [1.807, 2.05) is 51.1 Å². The Labute approximate surface area is 150 Å². The van der Waals surface area contributed by atoms with Gasteiger partial charge in [-0.1, -0.05) is 56.3 Å². The standard InChI is InChI=1S/C18H20N4O2S/c1-4-12-20-16(24-22-12)15-14(11-8-6-5-7-9-11)21-13(25-15)10-18(2,3)17(19)23/h5-9H,4,10H2,1-3H3,(H2,19,23). The highest BCUT2D eigenvalue weighted by Crippen LogP contribution is 2.38. The Bertz CT molecular complexity index is 884. The molecular weight excluding hydrogens is 336 g/mol. The summed E-state index contributed by atoms with van der Waals surface area (Å²) in [6, 6.07) is 9.83. The topological polar surface area (TPSA) is 94.9 Å². The van der Waals surface area contributed by atoms with E-state index in [2.05, 4.69) is 10.1 Å². The quantitative estimate of drug-likeness (QED) is 0.729. The SMILES string of the molecule is CCc1noc(-c2sc(CC(C)(C)C(N)=O)nc2-c2ccccc2)n1. The van der Waals surface area contributed by atoms with E-state index in [1.165, 1.54) is 11.3 Å². The predicted octanol–water partition coefficient (Wildman–Crippen LogP) is 3.48. The molecule has 0 saturated heterocycles. The third-order valence-corrected chi connectivity index (χ3v) is 5.00. The van der Waals surface area contributed by atoms with Crippen LogP contribution >= 0.6 is 11.3 Å². The average Bonchev–Trinajstić information content (AvgIpc) is 3.21. The van der Waals surface area contributed by atoms with E-state index in [1.54, 1.807) is 0 Å². The van der Waals surface area contributed by atoms with Crippen LogP contribution in [0.4, 0.5) is 0 Å². The molecule has 0 fully saturated rings. The second kappa shape index (κ2) is 6.76. The molecule has 0 unspecified atom stereocenters. The zero-order valence-corrected chi connectivity index (χ0v) is 15.3. The highest BCUT2D eigenvalue weighted by atomic mass is 32.1. The van der Waals surface area contributed by atoms with Gasteiger partial charge in [0.1, 0.15) is 4.88 Å². The van der Waals surface area contributed by atoms with Crippen molar-refractivity contribution in [3.8, 4) is 22.0 Å². The molecule has 0 aliphatic rings. The van der Waals surface area contributed by atoms with Gasteiger partial charge in [-0.05, 0) is 0 Å². The van der Waals surface area contributed by atoms with Crippen molar-refractivity contribution >= 4 is 17.2 Å². The molecule has 0 aliphatic heterocycles. The number of primary amides is 1. The van der Waals surface area contributed by atoms with Gasteiger partial charge in [-0.3, -0.25) is 4.79 Å². The first kappa shape index (κ1) is 17.3. The third-order valence-electron chi connectivity index (χ3n) is 3.96. The lowest BCUT2D eigenvalue weighted by Crippen LogP contribution is -2.33. The molecular formula is C18H20N4O2S. The van der Waals surface area contributed by atoms with Crippen molar-refractivity contribution in [2.24, 2.45) is 11.1 Å². The normalized spacial score (nSPS) is 11.6. The first-order valence-electron chi connectivity index (χ1n) is 8.08. The first-order chi connectivity index (χ1) is 11.9. The molecule has 0 radical (unpaired) electrons. The van der Waals surface area contributed by atoms with E-state index in [4.69, 9.17) is 15.2 Å². The maximum absolute atomic E-state index is 11.7. The number of hydrogen-bond acceptors (Lipinski definition) is 6. The van der Waals surface area contributed by atoms with Gasteiger partial charge in [-0.15, -0.1) is 11.3 Å². The van der Waals surface area contributed by atoms with Gasteiger partial charge in [0.2, 0.25) is 5.91 Å². The predicted molar refractivity (Wildman–Crippen MR) is 96.9 cm³/mol. The molecule has 130 valence electrons. The van der Waals surface area contributed by atoms with Crippen LogP contribution in [0, 0.1) is 5.41 Å². The van der Waals surface area contributed by atoms with Gasteiger partial charge in [0, 0.05) is 23.8 Å². The molecule has 6 nitrogen and oxygen atoms in total. The van der Waals surface area contributed by atoms with Crippen molar-refractivity contribution in [1.82, 2.24) is 15.1 Å². The molecule has 1 aromatic carbocycles. The van der Waals surface area contributed by atoms with Crippen LogP contribution < -0.4 is 5.73 Å². The van der Waals surface area contributed by atoms with Gasteiger partial charge in [0.25, 0.3) is 5.89 Å². The fourth-order valence-corrected chi connectivity index (χ4v) is 3.57. The van der Waals surface area contributed by atoms with E-state index in [0.717, 1.165) is 21.1 Å². The summed E-state index contributed by atoms with van der Waals surface area (Å²) in [5.74, 6) is 0.759. The molecule has 2 aromatic heterocycles. The van der Waals surface area contributed by atoms with Crippen LogP contribution in [-0.4, -0.2) is 21.0 Å². The Hall–Kier alpha value is -2.54. The van der Waals surface area contributed by atoms with Crippen LogP contribution in [0.2, 0.25) is 0 Å². The molecule has 7 heteroatoms. The molecule has 0 saturated carbocycles. The summed E-state index contributed by atoms with van der Waals surface area (Å²) >= 11 is 1.46. The van der Waals surface area contributed by atoms with Gasteiger partial charge in [-0.2, -0.15) is 4.98 Å². The molecule has 25 heavy (non-hydrogen) atoms. The summed E-state index contributed by atoms with van der Waals surface area (Å²) in [5, 5.41) is 4.79. The molecule has 0 aliphatic carbocycles. The Morgan fingerprint density at radius 3 is 2.56 bits per heavy atom. The number of thiazole rings is 1. The number of carbonyl (C=O) groups excluding carboxylic acids is 1. The van der Waals surface area contributed by atoms with Gasteiger partial charge < -0.3 is 10.3 Å². The van der Waals surface area contributed by atoms with Gasteiger partial charge in [0.15, 0.2) is 5.82 Å². The lowest BCUT2D eigenvalue weighted by atomic mass is 9.89. The summed E-state index contributed by atoms with van der Waals surface area (Å²) in [6.45, 7) is 5.61. The van der Waals surface area contributed by atoms with Crippen LogP contribution in [0.25, 0.3) is 22.0 Å². The van der Waals surface area contributed by atoms with Crippen LogP contribution in [0.1, 0.15) is 31.6 Å². The second-order valence-corrected chi connectivity index (χ2v) is 7.53. The molecule has 3 aromatic rings. The monoisotopic (exact) mass is 356 g/mol. The molecule has 0 spiro atoms. The van der Waals surface area contributed by atoms with Gasteiger partial charge in [-0.25, -0.2) is 4.98 Å². The number of amides is 1. The number of aryl methyl sites for hydroxylation is 1. The fraction of sp³-hybridized carbons (Fsp3) is 0.333. The third kappa shape index (κ3) is 3.61. The summed E-state index contributed by atoms with van der Waals surface area (Å²) in [7, 11) is 0. The van der Waals surface area contributed by atoms with E-state index >= 15 is 0 Å². The van der Waals surface area contributed by atoms with E-state index in [-0.39, 0.29) is 5.91 Å². The summed E-state index contributed by atoms with van der Waals surface area (Å²) < 4.78 is 5.41. The second-order valence-electron chi connectivity index (χ2n) is 6.45. The molecule has 2 N–H and O–H groups in total. The summed E-state index contributed by atoms with van der Waals surface area (Å²) in [5.41, 5.74) is 6.58. The minimum atomic E-state index is -0.674. The van der Waals surface area contributed by atoms with Crippen molar-refractivity contribution < 1.29 is 9.32 Å². The highest BCUT2D eigenvalue weighted by molar-refractivity contribution is 7.15. The van der Waals surface area contributed by atoms with E-state index in [0.29, 0.717) is 24.6 Å². The first-order valence-corrected chi connectivity index (χ1v) is 8.90. The maximum atomic E-state index is 11.7. The molecule has 0 atom stereocenters. The fourth-order valence-electron chi connectivity index (χ4n) is 2.33. The molecule has 3 rings (SSSR count). The average molecular weight is 356 g/mol. The Morgan fingerprint density at radius 1 is 1.24 bits per heavy atom. The van der Waals surface area contributed by atoms with Crippen LogP contribution in [0.15, 0.2) is 34.9 Å². The minimum absolute atomic E-state index is 0.350. The number of aromatic nitrogens is 3. The number of hydrogen-bond donors (Lipinski definition) is 1. The van der Waals surface area contributed by atoms with Crippen LogP contribution in [-0.2, 0) is 17.6 Å². The van der Waals surface area contributed by atoms with Crippen molar-refractivity contribution in [2.75, 3.05) is 0 Å². The largest absolute Gasteiger partial charge is 0.369 e. The Morgan fingerprint density at radius 2 is 1.96 bits per heavy atom. The van der Waals surface area contributed by atoms with Crippen molar-refractivity contribution in [3.05, 3.63) is 41.2 Å². The lowest BCUT2D eigenvalue weighted by Gasteiger charge is -2.18. The van der Waals surface area contributed by atoms with Crippen LogP contribution in [0.3, 0.4) is 0 Å². The van der Waals surface area contributed by atoms with Crippen molar-refractivity contribution in [3.63, 3.8) is 0 Å². The Balaban J connectivity index is 2.07. The van der Waals surface area contributed by atoms with E-state index in [9.17, 15) is 4.79 Å². The van der Waals surface area contributed by atoms with Crippen molar-refractivity contribution in [2.45, 2.75) is 33.6 Å². The van der Waals surface area contributed by atoms with Crippen LogP contribution in [0.5, 0.6) is 0 Å². The number of rotatable bonds is 6. The summed E-state index contributed by atoms with van der Waals surface area (Å²) in [6.07, 6.45) is 1.16. The maximum Gasteiger partial charge on any atom is 0.270 e. The zero-order valence-electron chi connectivity index (χ0n) is 14.4.